The Kier molecular flexibility index (Phi) is 3.98. The number of aromatic nitrogens is 1. The molecular formula is C19H17NO3. The molecule has 0 fully saturated rings. The number of pyridine rings is 1. The number of ether oxygens (including phenoxy) is 1. The van der Waals surface area contributed by atoms with E-state index in [1.807, 2.05) is 55.5 Å². The van der Waals surface area contributed by atoms with Gasteiger partial charge in [-0.3, -0.25) is 4.79 Å². The molecule has 0 saturated heterocycles. The third kappa shape index (κ3) is 2.52. The summed E-state index contributed by atoms with van der Waals surface area (Å²) in [6.45, 7) is 2.03. The van der Waals surface area contributed by atoms with Crippen LogP contribution in [0.15, 0.2) is 53.3 Å². The first-order valence-corrected chi connectivity index (χ1v) is 7.49. The fourth-order valence-electron chi connectivity index (χ4n) is 2.88. The minimum absolute atomic E-state index is 0.0412. The lowest BCUT2D eigenvalue weighted by atomic mass is 9.94. The highest BCUT2D eigenvalue weighted by Crippen LogP contribution is 2.31. The molecular weight excluding hydrogens is 290 g/mol. The van der Waals surface area contributed by atoms with Gasteiger partial charge in [-0.1, -0.05) is 55.5 Å². The van der Waals surface area contributed by atoms with E-state index in [1.54, 1.807) is 0 Å². The van der Waals surface area contributed by atoms with Gasteiger partial charge in [-0.25, -0.2) is 4.79 Å². The third-order valence-corrected chi connectivity index (χ3v) is 3.97. The summed E-state index contributed by atoms with van der Waals surface area (Å²) in [6.07, 6.45) is 0.791. The molecule has 0 unspecified atom stereocenters. The maximum Gasteiger partial charge on any atom is 0.344 e. The third-order valence-electron chi connectivity index (χ3n) is 3.97. The van der Waals surface area contributed by atoms with Crippen LogP contribution in [0.3, 0.4) is 0 Å². The van der Waals surface area contributed by atoms with Crippen molar-refractivity contribution in [1.29, 1.82) is 0 Å². The summed E-state index contributed by atoms with van der Waals surface area (Å²) >= 11 is 0. The zero-order valence-electron chi connectivity index (χ0n) is 13.1. The maximum atomic E-state index is 12.5. The van der Waals surface area contributed by atoms with Gasteiger partial charge in [-0.15, -0.1) is 0 Å². The number of rotatable bonds is 3. The Balaban J connectivity index is 2.50. The maximum absolute atomic E-state index is 12.5. The first-order chi connectivity index (χ1) is 11.2. The summed E-state index contributed by atoms with van der Waals surface area (Å²) in [7, 11) is 1.28. The van der Waals surface area contributed by atoms with Gasteiger partial charge in [0.2, 0.25) is 0 Å². The second kappa shape index (κ2) is 6.08. The van der Waals surface area contributed by atoms with E-state index in [-0.39, 0.29) is 5.56 Å². The highest BCUT2D eigenvalue weighted by atomic mass is 16.5. The topological polar surface area (TPSA) is 59.2 Å². The van der Waals surface area contributed by atoms with E-state index >= 15 is 0 Å². The van der Waals surface area contributed by atoms with Crippen molar-refractivity contribution in [2.24, 2.45) is 0 Å². The molecule has 0 bridgehead atoms. The van der Waals surface area contributed by atoms with Crippen molar-refractivity contribution >= 4 is 16.9 Å². The molecule has 0 amide bonds. The van der Waals surface area contributed by atoms with Gasteiger partial charge in [0.15, 0.2) is 0 Å². The summed E-state index contributed by atoms with van der Waals surface area (Å²) in [5, 5.41) is 0.843. The number of para-hydroxylation sites is 1. The standard InChI is InChI=1S/C19H17NO3/c1-3-12-10-7-11-14-15(13-8-5-4-6-9-13)16(19(22)23-2)18(21)20-17(12)14/h4-11H,3H2,1-2H3,(H,20,21). The highest BCUT2D eigenvalue weighted by molar-refractivity contribution is 6.07. The first kappa shape index (κ1) is 15.0. The molecule has 0 saturated carbocycles. The number of fused-ring (bicyclic) bond motifs is 1. The number of benzene rings is 2. The van der Waals surface area contributed by atoms with Crippen molar-refractivity contribution in [2.75, 3.05) is 7.11 Å². The Morgan fingerprint density at radius 1 is 1.09 bits per heavy atom. The molecule has 4 nitrogen and oxygen atoms in total. The molecule has 1 N–H and O–H groups in total. The van der Waals surface area contributed by atoms with Gasteiger partial charge >= 0.3 is 5.97 Å². The van der Waals surface area contributed by atoms with Crippen molar-refractivity contribution < 1.29 is 9.53 Å². The van der Waals surface area contributed by atoms with E-state index < -0.39 is 11.5 Å². The lowest BCUT2D eigenvalue weighted by Gasteiger charge is -2.13. The van der Waals surface area contributed by atoms with E-state index in [0.29, 0.717) is 5.56 Å². The smallest absolute Gasteiger partial charge is 0.344 e. The number of carbonyl (C=O) groups is 1. The molecule has 0 aliphatic heterocycles. The fraction of sp³-hybridized carbons (Fsp3) is 0.158. The van der Waals surface area contributed by atoms with Gasteiger partial charge in [-0.05, 0) is 17.5 Å². The van der Waals surface area contributed by atoms with Crippen LogP contribution < -0.4 is 5.56 Å². The molecule has 4 heteroatoms. The number of carbonyl (C=O) groups excluding carboxylic acids is 1. The van der Waals surface area contributed by atoms with Crippen LogP contribution in [0.5, 0.6) is 0 Å². The molecule has 2 aromatic carbocycles. The van der Waals surface area contributed by atoms with Crippen LogP contribution >= 0.6 is 0 Å². The van der Waals surface area contributed by atoms with Crippen LogP contribution in [0.4, 0.5) is 0 Å². The minimum Gasteiger partial charge on any atom is -0.465 e. The summed E-state index contributed by atoms with van der Waals surface area (Å²) < 4.78 is 4.83. The van der Waals surface area contributed by atoms with E-state index in [0.717, 1.165) is 28.5 Å². The summed E-state index contributed by atoms with van der Waals surface area (Å²) in [5.74, 6) is -0.631. The van der Waals surface area contributed by atoms with Crippen molar-refractivity contribution in [3.63, 3.8) is 0 Å². The molecule has 0 radical (unpaired) electrons. The Hall–Kier alpha value is -2.88. The average molecular weight is 307 g/mol. The number of methoxy groups -OCH3 is 1. The largest absolute Gasteiger partial charge is 0.465 e. The normalized spacial score (nSPS) is 10.7. The number of esters is 1. The van der Waals surface area contributed by atoms with Gasteiger partial charge in [0.05, 0.1) is 12.6 Å². The van der Waals surface area contributed by atoms with Gasteiger partial charge in [0.25, 0.3) is 5.56 Å². The zero-order chi connectivity index (χ0) is 16.4. The Bertz CT molecular complexity index is 926. The van der Waals surface area contributed by atoms with Crippen LogP contribution in [0.25, 0.3) is 22.0 Å². The minimum atomic E-state index is -0.631. The fourth-order valence-corrected chi connectivity index (χ4v) is 2.88. The van der Waals surface area contributed by atoms with Crippen molar-refractivity contribution in [3.8, 4) is 11.1 Å². The van der Waals surface area contributed by atoms with Crippen LogP contribution in [-0.2, 0) is 11.2 Å². The number of aryl methyl sites for hydroxylation is 1. The Labute approximate surface area is 133 Å². The van der Waals surface area contributed by atoms with Crippen LogP contribution in [0.1, 0.15) is 22.8 Å². The van der Waals surface area contributed by atoms with E-state index in [9.17, 15) is 9.59 Å². The predicted octanol–water partition coefficient (Wildman–Crippen LogP) is 3.54. The van der Waals surface area contributed by atoms with Crippen molar-refractivity contribution in [3.05, 3.63) is 70.0 Å². The molecule has 1 aromatic heterocycles. The molecule has 3 rings (SSSR count). The molecule has 0 spiro atoms. The van der Waals surface area contributed by atoms with Crippen LogP contribution in [-0.4, -0.2) is 18.1 Å². The number of hydrogen-bond acceptors (Lipinski definition) is 3. The number of aromatic amines is 1. The molecule has 3 aromatic rings. The second-order valence-electron chi connectivity index (χ2n) is 5.25. The summed E-state index contributed by atoms with van der Waals surface area (Å²) in [5.41, 5.74) is 2.85. The van der Waals surface area contributed by atoms with Gasteiger partial charge in [0.1, 0.15) is 5.56 Å². The lowest BCUT2D eigenvalue weighted by Crippen LogP contribution is -2.21. The van der Waals surface area contributed by atoms with Crippen molar-refractivity contribution in [2.45, 2.75) is 13.3 Å². The van der Waals surface area contributed by atoms with E-state index in [4.69, 9.17) is 4.74 Å². The molecule has 1 heterocycles. The van der Waals surface area contributed by atoms with Gasteiger partial charge in [-0.2, -0.15) is 0 Å². The lowest BCUT2D eigenvalue weighted by molar-refractivity contribution is 0.0600. The quantitative estimate of drug-likeness (QED) is 0.753. The average Bonchev–Trinajstić information content (AvgIpc) is 2.60. The van der Waals surface area contributed by atoms with Crippen LogP contribution in [0.2, 0.25) is 0 Å². The molecule has 0 atom stereocenters. The zero-order valence-corrected chi connectivity index (χ0v) is 13.1. The number of nitrogens with one attached hydrogen (secondary N) is 1. The first-order valence-electron chi connectivity index (χ1n) is 7.49. The predicted molar refractivity (Wildman–Crippen MR) is 90.7 cm³/mol. The Morgan fingerprint density at radius 2 is 1.83 bits per heavy atom. The SMILES string of the molecule is CCc1cccc2c(-c3ccccc3)c(C(=O)OC)c(=O)[nH]c12. The molecule has 0 aliphatic carbocycles. The number of hydrogen-bond donors (Lipinski definition) is 1. The van der Waals surface area contributed by atoms with Gasteiger partial charge in [0, 0.05) is 10.9 Å². The highest BCUT2D eigenvalue weighted by Gasteiger charge is 2.21. The van der Waals surface area contributed by atoms with E-state index in [1.165, 1.54) is 7.11 Å². The Morgan fingerprint density at radius 3 is 2.48 bits per heavy atom. The molecule has 116 valence electrons. The summed E-state index contributed by atoms with van der Waals surface area (Å²) in [6, 6.07) is 15.3. The molecule has 23 heavy (non-hydrogen) atoms. The second-order valence-corrected chi connectivity index (χ2v) is 5.25. The van der Waals surface area contributed by atoms with Crippen molar-refractivity contribution in [1.82, 2.24) is 4.98 Å². The molecule has 0 aliphatic rings. The number of H-pyrrole nitrogens is 1. The van der Waals surface area contributed by atoms with Crippen LogP contribution in [0, 0.1) is 0 Å². The summed E-state index contributed by atoms with van der Waals surface area (Å²) in [4.78, 5) is 27.6. The van der Waals surface area contributed by atoms with Gasteiger partial charge < -0.3 is 9.72 Å². The van der Waals surface area contributed by atoms with E-state index in [2.05, 4.69) is 4.98 Å². The monoisotopic (exact) mass is 307 g/mol.